The van der Waals surface area contributed by atoms with Gasteiger partial charge in [0.1, 0.15) is 5.84 Å². The number of rotatable bonds is 3. The van der Waals surface area contributed by atoms with Gasteiger partial charge in [-0.3, -0.25) is 4.99 Å². The Labute approximate surface area is 107 Å². The number of nitrogens with two attached hydrogens (primary N) is 1. The lowest BCUT2D eigenvalue weighted by atomic mass is 10.2. The molecule has 4 heteroatoms. The van der Waals surface area contributed by atoms with E-state index in [1.54, 1.807) is 11.3 Å². The van der Waals surface area contributed by atoms with Crippen LogP contribution >= 0.6 is 27.3 Å². The maximum absolute atomic E-state index is 5.90. The van der Waals surface area contributed by atoms with E-state index in [1.165, 1.54) is 4.88 Å². The molecule has 0 atom stereocenters. The van der Waals surface area contributed by atoms with Crippen molar-refractivity contribution in [1.82, 2.24) is 0 Å². The van der Waals surface area contributed by atoms with E-state index in [1.807, 2.05) is 41.8 Å². The Morgan fingerprint density at radius 1 is 1.25 bits per heavy atom. The van der Waals surface area contributed by atoms with E-state index in [4.69, 9.17) is 5.73 Å². The largest absolute Gasteiger partial charge is 0.383 e. The Balaban J connectivity index is 2.12. The van der Waals surface area contributed by atoms with Crippen LogP contribution in [-0.2, 0) is 6.54 Å². The molecule has 82 valence electrons. The maximum atomic E-state index is 5.90. The van der Waals surface area contributed by atoms with Crippen molar-refractivity contribution in [2.45, 2.75) is 6.54 Å². The number of aliphatic imine (C=N–C) groups is 1. The molecular formula is C12H11BrN2S. The van der Waals surface area contributed by atoms with Crippen LogP contribution in [0.15, 0.2) is 51.2 Å². The maximum Gasteiger partial charge on any atom is 0.125 e. The minimum absolute atomic E-state index is 0.584. The summed E-state index contributed by atoms with van der Waals surface area (Å²) in [6.07, 6.45) is 0. The van der Waals surface area contributed by atoms with Crippen LogP contribution in [0.1, 0.15) is 10.4 Å². The van der Waals surface area contributed by atoms with Gasteiger partial charge in [0.2, 0.25) is 0 Å². The Kier molecular flexibility index (Phi) is 3.74. The van der Waals surface area contributed by atoms with E-state index in [2.05, 4.69) is 20.9 Å². The summed E-state index contributed by atoms with van der Waals surface area (Å²) in [5.74, 6) is 0.584. The fourth-order valence-electron chi connectivity index (χ4n) is 1.30. The van der Waals surface area contributed by atoms with Gasteiger partial charge in [0.25, 0.3) is 0 Å². The Hall–Kier alpha value is -1.13. The van der Waals surface area contributed by atoms with E-state index in [9.17, 15) is 0 Å². The molecule has 0 unspecified atom stereocenters. The van der Waals surface area contributed by atoms with E-state index in [0.29, 0.717) is 12.4 Å². The highest BCUT2D eigenvalue weighted by Crippen LogP contribution is 2.23. The lowest BCUT2D eigenvalue weighted by Gasteiger charge is -2.00. The highest BCUT2D eigenvalue weighted by atomic mass is 79.9. The van der Waals surface area contributed by atoms with Gasteiger partial charge in [-0.1, -0.05) is 30.3 Å². The van der Waals surface area contributed by atoms with Crippen molar-refractivity contribution < 1.29 is 0 Å². The van der Waals surface area contributed by atoms with Crippen molar-refractivity contribution in [2.24, 2.45) is 10.7 Å². The van der Waals surface area contributed by atoms with Crippen LogP contribution in [0.2, 0.25) is 0 Å². The van der Waals surface area contributed by atoms with Gasteiger partial charge in [-0.2, -0.15) is 0 Å². The summed E-state index contributed by atoms with van der Waals surface area (Å²) in [7, 11) is 0. The minimum atomic E-state index is 0.584. The summed E-state index contributed by atoms with van der Waals surface area (Å²) in [6.45, 7) is 0.624. The molecule has 2 rings (SSSR count). The molecule has 1 aromatic carbocycles. The van der Waals surface area contributed by atoms with Gasteiger partial charge in [0.05, 0.1) is 6.54 Å². The third kappa shape index (κ3) is 2.71. The molecule has 0 fully saturated rings. The second kappa shape index (κ2) is 5.27. The quantitative estimate of drug-likeness (QED) is 0.684. The van der Waals surface area contributed by atoms with E-state index in [-0.39, 0.29) is 0 Å². The lowest BCUT2D eigenvalue weighted by Crippen LogP contribution is -2.13. The standard InChI is InChI=1S/C12H11BrN2S/c13-10-6-7-16-11(10)8-15-12(14)9-4-2-1-3-5-9/h1-7H,8H2,(H2,14,15). The van der Waals surface area contributed by atoms with Gasteiger partial charge in [-0.05, 0) is 27.4 Å². The molecule has 0 aliphatic rings. The molecule has 0 spiro atoms. The van der Waals surface area contributed by atoms with E-state index < -0.39 is 0 Å². The second-order valence-electron chi connectivity index (χ2n) is 3.26. The van der Waals surface area contributed by atoms with Crippen molar-refractivity contribution >= 4 is 33.1 Å². The fourth-order valence-corrected chi connectivity index (χ4v) is 2.70. The highest BCUT2D eigenvalue weighted by Gasteiger charge is 2.01. The summed E-state index contributed by atoms with van der Waals surface area (Å²) >= 11 is 5.15. The minimum Gasteiger partial charge on any atom is -0.383 e. The van der Waals surface area contributed by atoms with Gasteiger partial charge in [-0.25, -0.2) is 0 Å². The van der Waals surface area contributed by atoms with Crippen molar-refractivity contribution in [1.29, 1.82) is 0 Å². The summed E-state index contributed by atoms with van der Waals surface area (Å²) in [5.41, 5.74) is 6.87. The molecule has 16 heavy (non-hydrogen) atoms. The zero-order chi connectivity index (χ0) is 11.4. The molecule has 1 heterocycles. The first kappa shape index (κ1) is 11.4. The van der Waals surface area contributed by atoms with Crippen LogP contribution in [0, 0.1) is 0 Å². The molecule has 0 radical (unpaired) electrons. The molecule has 0 amide bonds. The van der Waals surface area contributed by atoms with Gasteiger partial charge in [0.15, 0.2) is 0 Å². The summed E-state index contributed by atoms with van der Waals surface area (Å²) in [6, 6.07) is 11.8. The van der Waals surface area contributed by atoms with Crippen LogP contribution in [0.25, 0.3) is 0 Å². The van der Waals surface area contributed by atoms with E-state index >= 15 is 0 Å². The molecule has 0 saturated heterocycles. The Bertz CT molecular complexity index is 491. The number of benzene rings is 1. The smallest absolute Gasteiger partial charge is 0.125 e. The van der Waals surface area contributed by atoms with Crippen LogP contribution in [-0.4, -0.2) is 5.84 Å². The van der Waals surface area contributed by atoms with E-state index in [0.717, 1.165) is 10.0 Å². The predicted octanol–water partition coefficient (Wildman–Crippen LogP) is 3.42. The predicted molar refractivity (Wildman–Crippen MR) is 72.9 cm³/mol. The average Bonchev–Trinajstić information content (AvgIpc) is 2.73. The number of halogens is 1. The summed E-state index contributed by atoms with van der Waals surface area (Å²) in [4.78, 5) is 5.57. The topological polar surface area (TPSA) is 38.4 Å². The monoisotopic (exact) mass is 294 g/mol. The molecule has 2 N–H and O–H groups in total. The third-order valence-electron chi connectivity index (χ3n) is 2.15. The van der Waals surface area contributed by atoms with Crippen molar-refractivity contribution in [3.63, 3.8) is 0 Å². The van der Waals surface area contributed by atoms with Gasteiger partial charge < -0.3 is 5.73 Å². The number of hydrogen-bond acceptors (Lipinski definition) is 2. The SMILES string of the molecule is NC(=NCc1sccc1Br)c1ccccc1. The average molecular weight is 295 g/mol. The molecule has 0 aliphatic carbocycles. The number of nitrogens with zero attached hydrogens (tertiary/aromatic N) is 1. The van der Waals surface area contributed by atoms with Gasteiger partial charge >= 0.3 is 0 Å². The normalized spacial score (nSPS) is 11.7. The fraction of sp³-hybridized carbons (Fsp3) is 0.0833. The number of amidine groups is 1. The molecule has 2 aromatic rings. The zero-order valence-electron chi connectivity index (χ0n) is 8.56. The summed E-state index contributed by atoms with van der Waals surface area (Å²) in [5, 5.41) is 2.04. The van der Waals surface area contributed by atoms with Crippen LogP contribution in [0.5, 0.6) is 0 Å². The Morgan fingerprint density at radius 3 is 2.62 bits per heavy atom. The third-order valence-corrected chi connectivity index (χ3v) is 4.06. The molecule has 0 bridgehead atoms. The second-order valence-corrected chi connectivity index (χ2v) is 5.11. The Morgan fingerprint density at radius 2 is 2.00 bits per heavy atom. The first-order chi connectivity index (χ1) is 7.77. The van der Waals surface area contributed by atoms with Crippen molar-refractivity contribution in [3.8, 4) is 0 Å². The number of hydrogen-bond donors (Lipinski definition) is 1. The molecular weight excluding hydrogens is 284 g/mol. The van der Waals surface area contributed by atoms with Crippen molar-refractivity contribution in [3.05, 3.63) is 56.7 Å². The zero-order valence-corrected chi connectivity index (χ0v) is 11.0. The summed E-state index contributed by atoms with van der Waals surface area (Å²) < 4.78 is 1.10. The lowest BCUT2D eigenvalue weighted by molar-refractivity contribution is 1.09. The van der Waals surface area contributed by atoms with Crippen LogP contribution in [0.4, 0.5) is 0 Å². The van der Waals surface area contributed by atoms with Crippen LogP contribution in [0.3, 0.4) is 0 Å². The highest BCUT2D eigenvalue weighted by molar-refractivity contribution is 9.10. The first-order valence-corrected chi connectivity index (χ1v) is 6.52. The van der Waals surface area contributed by atoms with Crippen LogP contribution < -0.4 is 5.73 Å². The molecule has 0 aliphatic heterocycles. The van der Waals surface area contributed by atoms with Gasteiger partial charge in [-0.15, -0.1) is 11.3 Å². The molecule has 0 saturated carbocycles. The molecule has 1 aromatic heterocycles. The molecule has 2 nitrogen and oxygen atoms in total. The first-order valence-electron chi connectivity index (χ1n) is 4.84. The number of thiophene rings is 1. The van der Waals surface area contributed by atoms with Gasteiger partial charge in [0, 0.05) is 14.9 Å². The van der Waals surface area contributed by atoms with Crippen molar-refractivity contribution in [2.75, 3.05) is 0 Å².